The molecular weight excluding hydrogens is 330 g/mol. The molecule has 3 aromatic rings. The van der Waals surface area contributed by atoms with Crippen LogP contribution in [0.4, 0.5) is 0 Å². The van der Waals surface area contributed by atoms with E-state index in [9.17, 15) is 4.79 Å². The van der Waals surface area contributed by atoms with E-state index in [-0.39, 0.29) is 11.8 Å². The van der Waals surface area contributed by atoms with Gasteiger partial charge in [-0.3, -0.25) is 4.79 Å². The van der Waals surface area contributed by atoms with E-state index in [0.717, 1.165) is 33.6 Å². The monoisotopic (exact) mass is 349 g/mol. The molecule has 132 valence electrons. The number of hydrogen-bond donors (Lipinski definition) is 1. The number of aromatic nitrogens is 3. The number of hydrogen-bond acceptors (Lipinski definition) is 5. The topological polar surface area (TPSA) is 81.4 Å². The van der Waals surface area contributed by atoms with Crippen molar-refractivity contribution in [1.29, 1.82) is 0 Å². The van der Waals surface area contributed by atoms with E-state index in [1.807, 2.05) is 54.1 Å². The first kappa shape index (κ1) is 16.3. The maximum Gasteiger partial charge on any atom is 0.240 e. The minimum Gasteiger partial charge on any atom is -0.497 e. The van der Waals surface area contributed by atoms with Crippen molar-refractivity contribution in [2.75, 3.05) is 7.11 Å². The third-order valence-corrected chi connectivity index (χ3v) is 4.56. The highest BCUT2D eigenvalue weighted by atomic mass is 16.5. The van der Waals surface area contributed by atoms with Gasteiger partial charge < -0.3 is 4.74 Å². The minimum atomic E-state index is -0.0484. The van der Waals surface area contributed by atoms with Gasteiger partial charge in [-0.25, -0.2) is 10.1 Å². The number of fused-ring (bicyclic) bond motifs is 1. The molecule has 1 aliphatic rings. The van der Waals surface area contributed by atoms with E-state index in [2.05, 4.69) is 20.8 Å². The van der Waals surface area contributed by atoms with E-state index in [1.165, 1.54) is 0 Å². The van der Waals surface area contributed by atoms with E-state index in [4.69, 9.17) is 4.74 Å². The van der Waals surface area contributed by atoms with Crippen molar-refractivity contribution in [2.45, 2.75) is 19.9 Å². The summed E-state index contributed by atoms with van der Waals surface area (Å²) >= 11 is 0. The number of nitrogens with zero attached hydrogens (tertiary/aromatic N) is 4. The largest absolute Gasteiger partial charge is 0.497 e. The molecule has 0 fully saturated rings. The smallest absolute Gasteiger partial charge is 0.240 e. The Morgan fingerprint density at radius 3 is 2.77 bits per heavy atom. The Hall–Kier alpha value is -3.22. The molecule has 1 unspecified atom stereocenters. The lowest BCUT2D eigenvalue weighted by atomic mass is 9.94. The van der Waals surface area contributed by atoms with Gasteiger partial charge in [0.25, 0.3) is 0 Å². The van der Waals surface area contributed by atoms with Gasteiger partial charge in [0.1, 0.15) is 11.3 Å². The van der Waals surface area contributed by atoms with Crippen molar-refractivity contribution < 1.29 is 9.53 Å². The molecule has 2 aromatic carbocycles. The van der Waals surface area contributed by atoms with E-state index in [1.54, 1.807) is 7.11 Å². The number of methoxy groups -OCH3 is 1. The van der Waals surface area contributed by atoms with Crippen molar-refractivity contribution in [3.8, 4) is 5.75 Å². The third-order valence-electron chi connectivity index (χ3n) is 4.56. The molecule has 0 radical (unpaired) electrons. The van der Waals surface area contributed by atoms with Gasteiger partial charge >= 0.3 is 0 Å². The van der Waals surface area contributed by atoms with Crippen LogP contribution in [0.15, 0.2) is 47.6 Å². The molecule has 0 aliphatic carbocycles. The molecule has 7 nitrogen and oxygen atoms in total. The first-order valence-electron chi connectivity index (χ1n) is 8.47. The molecule has 1 N–H and O–H groups in total. The third kappa shape index (κ3) is 3.03. The maximum atomic E-state index is 11.4. The Morgan fingerprint density at radius 1 is 1.23 bits per heavy atom. The normalized spacial score (nSPS) is 17.1. The van der Waals surface area contributed by atoms with Gasteiger partial charge in [0.2, 0.25) is 5.91 Å². The lowest BCUT2D eigenvalue weighted by Gasteiger charge is -2.19. The summed E-state index contributed by atoms with van der Waals surface area (Å²) in [6.45, 7) is 2.63. The van der Waals surface area contributed by atoms with Crippen LogP contribution in [-0.4, -0.2) is 33.7 Å². The fourth-order valence-corrected chi connectivity index (χ4v) is 3.15. The maximum absolute atomic E-state index is 11.4. The van der Waals surface area contributed by atoms with Gasteiger partial charge in [-0.2, -0.15) is 5.10 Å². The van der Waals surface area contributed by atoms with Crippen molar-refractivity contribution in [1.82, 2.24) is 20.4 Å². The Labute approximate surface area is 150 Å². The predicted molar refractivity (Wildman–Crippen MR) is 98.1 cm³/mol. The highest BCUT2D eigenvalue weighted by Gasteiger charge is 2.22. The summed E-state index contributed by atoms with van der Waals surface area (Å²) in [5.74, 6) is 0.861. The van der Waals surface area contributed by atoms with Crippen LogP contribution in [-0.2, 0) is 11.3 Å². The SMILES string of the molecule is COc1ccc(Cn2nnc3cc(C4=NNC(=O)CC4C)ccc32)cc1. The van der Waals surface area contributed by atoms with Crippen molar-refractivity contribution in [3.63, 3.8) is 0 Å². The molecule has 1 amide bonds. The van der Waals surface area contributed by atoms with Crippen LogP contribution in [0.5, 0.6) is 5.75 Å². The zero-order valence-corrected chi connectivity index (χ0v) is 14.6. The molecule has 26 heavy (non-hydrogen) atoms. The standard InChI is InChI=1S/C19H19N5O2/c1-12-9-18(25)21-22-19(12)14-5-8-17-16(10-14)20-23-24(17)11-13-3-6-15(26-2)7-4-13/h3-8,10,12H,9,11H2,1-2H3,(H,21,25). The number of ether oxygens (including phenoxy) is 1. The lowest BCUT2D eigenvalue weighted by molar-refractivity contribution is -0.121. The highest BCUT2D eigenvalue weighted by Crippen LogP contribution is 2.21. The van der Waals surface area contributed by atoms with Crippen LogP contribution in [0, 0.1) is 5.92 Å². The lowest BCUT2D eigenvalue weighted by Crippen LogP contribution is -2.31. The van der Waals surface area contributed by atoms with E-state index in [0.29, 0.717) is 13.0 Å². The molecule has 0 saturated heterocycles. The summed E-state index contributed by atoms with van der Waals surface area (Å²) in [7, 11) is 1.65. The summed E-state index contributed by atoms with van der Waals surface area (Å²) in [6, 6.07) is 13.9. The summed E-state index contributed by atoms with van der Waals surface area (Å²) in [6.07, 6.45) is 0.445. The van der Waals surface area contributed by atoms with Crippen LogP contribution < -0.4 is 10.2 Å². The predicted octanol–water partition coefficient (Wildman–Crippen LogP) is 2.35. The zero-order valence-electron chi connectivity index (χ0n) is 14.6. The number of benzene rings is 2. The average molecular weight is 349 g/mol. The van der Waals surface area contributed by atoms with Gasteiger partial charge in [0.05, 0.1) is 24.9 Å². The van der Waals surface area contributed by atoms with Crippen molar-refractivity contribution in [3.05, 3.63) is 53.6 Å². The number of hydrazone groups is 1. The second-order valence-electron chi connectivity index (χ2n) is 6.44. The minimum absolute atomic E-state index is 0.0484. The number of amides is 1. The molecule has 1 aromatic heterocycles. The first-order valence-corrected chi connectivity index (χ1v) is 8.47. The Morgan fingerprint density at radius 2 is 2.04 bits per heavy atom. The molecule has 1 atom stereocenters. The van der Waals surface area contributed by atoms with Gasteiger partial charge in [-0.05, 0) is 29.8 Å². The summed E-state index contributed by atoms with van der Waals surface area (Å²) < 4.78 is 7.06. The molecular formula is C19H19N5O2. The fourth-order valence-electron chi connectivity index (χ4n) is 3.15. The van der Waals surface area contributed by atoms with Crippen LogP contribution >= 0.6 is 0 Å². The summed E-state index contributed by atoms with van der Waals surface area (Å²) in [4.78, 5) is 11.4. The Bertz CT molecular complexity index is 991. The molecule has 0 saturated carbocycles. The van der Waals surface area contributed by atoms with E-state index >= 15 is 0 Å². The second kappa shape index (κ2) is 6.59. The quantitative estimate of drug-likeness (QED) is 0.784. The van der Waals surface area contributed by atoms with Crippen LogP contribution in [0.1, 0.15) is 24.5 Å². The van der Waals surface area contributed by atoms with Crippen molar-refractivity contribution in [2.24, 2.45) is 11.0 Å². The second-order valence-corrected chi connectivity index (χ2v) is 6.44. The van der Waals surface area contributed by atoms with E-state index < -0.39 is 0 Å². The highest BCUT2D eigenvalue weighted by molar-refractivity contribution is 6.07. The van der Waals surface area contributed by atoms with Crippen molar-refractivity contribution >= 4 is 22.7 Å². The number of nitrogens with one attached hydrogen (secondary N) is 1. The number of carbonyl (C=O) groups is 1. The van der Waals surface area contributed by atoms with Gasteiger partial charge in [0.15, 0.2) is 0 Å². The summed E-state index contributed by atoms with van der Waals surface area (Å²) in [5, 5.41) is 12.8. The zero-order chi connectivity index (χ0) is 18.1. The van der Waals surface area contributed by atoms with Crippen LogP contribution in [0.3, 0.4) is 0 Å². The fraction of sp³-hybridized carbons (Fsp3) is 0.263. The number of rotatable bonds is 4. The average Bonchev–Trinajstić information content (AvgIpc) is 3.04. The molecule has 4 rings (SSSR count). The van der Waals surface area contributed by atoms with Gasteiger partial charge in [-0.1, -0.05) is 30.3 Å². The molecule has 7 heteroatoms. The Balaban J connectivity index is 1.62. The molecule has 1 aliphatic heterocycles. The Kier molecular flexibility index (Phi) is 4.12. The summed E-state index contributed by atoms with van der Waals surface area (Å²) in [5.41, 5.74) is 7.27. The van der Waals surface area contributed by atoms with Gasteiger partial charge in [0, 0.05) is 17.9 Å². The van der Waals surface area contributed by atoms with Gasteiger partial charge in [-0.15, -0.1) is 5.10 Å². The molecule has 0 spiro atoms. The van der Waals surface area contributed by atoms with Crippen LogP contribution in [0.25, 0.3) is 11.0 Å². The molecule has 2 heterocycles. The first-order chi connectivity index (χ1) is 12.6. The number of carbonyl (C=O) groups excluding carboxylic acids is 1. The molecule has 0 bridgehead atoms. The van der Waals surface area contributed by atoms with Crippen LogP contribution in [0.2, 0.25) is 0 Å².